The normalized spacial score (nSPS) is 13.0. The monoisotopic (exact) mass is 868 g/mol. The molecule has 1 unspecified atom stereocenters. The van der Waals surface area contributed by atoms with Crippen LogP contribution in [0.2, 0.25) is 0 Å². The number of thiophene rings is 1. The summed E-state index contributed by atoms with van der Waals surface area (Å²) in [6, 6.07) is 53.4. The Morgan fingerprint density at radius 1 is 0.746 bits per heavy atom. The van der Waals surface area contributed by atoms with Gasteiger partial charge in [0.1, 0.15) is 15.9 Å². The summed E-state index contributed by atoms with van der Waals surface area (Å²) < 4.78 is 5.24. The summed E-state index contributed by atoms with van der Waals surface area (Å²) in [7, 11) is 1.36. The number of amides is 3. The Morgan fingerprint density at radius 2 is 1.40 bits per heavy atom. The van der Waals surface area contributed by atoms with E-state index in [-0.39, 0.29) is 11.6 Å². The summed E-state index contributed by atoms with van der Waals surface area (Å²) in [5, 5.41) is 8.64. The highest BCUT2D eigenvalue weighted by atomic mass is 32.2. The molecule has 0 aliphatic carbocycles. The Hall–Kier alpha value is -7.05. The number of fused-ring (bicyclic) bond motifs is 1. The lowest BCUT2D eigenvalue weighted by Crippen LogP contribution is -2.30. The topological polar surface area (TPSA) is 117 Å². The number of ether oxygens (including phenoxy) is 1. The van der Waals surface area contributed by atoms with Crippen molar-refractivity contribution in [1.29, 1.82) is 0 Å². The third-order valence-electron chi connectivity index (χ3n) is 10.6. The lowest BCUT2D eigenvalue weighted by molar-refractivity contribution is -0.116. The van der Waals surface area contributed by atoms with E-state index >= 15 is 0 Å². The molecule has 6 aromatic carbocycles. The van der Waals surface area contributed by atoms with Crippen LogP contribution in [-0.2, 0) is 33.8 Å². The maximum Gasteiger partial charge on any atom is 0.341 e. The molecule has 0 spiro atoms. The van der Waals surface area contributed by atoms with E-state index in [1.54, 1.807) is 48.5 Å². The van der Waals surface area contributed by atoms with Crippen LogP contribution in [0.1, 0.15) is 53.1 Å². The van der Waals surface area contributed by atoms with Crippen molar-refractivity contribution in [3.63, 3.8) is 0 Å². The van der Waals surface area contributed by atoms with Crippen LogP contribution >= 0.6 is 23.1 Å². The SMILES string of the molecule is COC(=O)c1c(NC(=O)C(Sc2cccc(NC(=O)/C(=C\c3ccc(-c4ccccc4)cc3)NC(=O)c3ccccc3)c2)c2ccccc2)sc2c1CCN(Cc1ccccc1)C2. The molecule has 7 aromatic rings. The number of rotatable bonds is 14. The molecule has 63 heavy (non-hydrogen) atoms. The maximum absolute atomic E-state index is 14.4. The molecule has 0 saturated carbocycles. The minimum absolute atomic E-state index is 0.0548. The van der Waals surface area contributed by atoms with E-state index in [4.69, 9.17) is 4.74 Å². The molecule has 1 aromatic heterocycles. The van der Waals surface area contributed by atoms with Gasteiger partial charge >= 0.3 is 5.97 Å². The molecule has 1 aliphatic heterocycles. The van der Waals surface area contributed by atoms with Crippen LogP contribution in [0.5, 0.6) is 0 Å². The number of methoxy groups -OCH3 is 1. The third kappa shape index (κ3) is 10.7. The number of hydrogen-bond acceptors (Lipinski definition) is 8. The number of benzene rings is 6. The molecule has 0 radical (unpaired) electrons. The summed E-state index contributed by atoms with van der Waals surface area (Å²) in [4.78, 5) is 59.2. The fourth-order valence-corrected chi connectivity index (χ4v) is 9.77. The number of nitrogens with zero attached hydrogens (tertiary/aromatic N) is 1. The quantitative estimate of drug-likeness (QED) is 0.0566. The van der Waals surface area contributed by atoms with Gasteiger partial charge in [-0.3, -0.25) is 19.3 Å². The number of carbonyl (C=O) groups excluding carboxylic acids is 4. The third-order valence-corrected chi connectivity index (χ3v) is 12.9. The first-order valence-corrected chi connectivity index (χ1v) is 22.2. The molecule has 8 rings (SSSR count). The second kappa shape index (κ2) is 20.2. The average molecular weight is 869 g/mol. The van der Waals surface area contributed by atoms with Gasteiger partial charge < -0.3 is 20.7 Å². The molecular formula is C52H44N4O5S2. The van der Waals surface area contributed by atoms with Gasteiger partial charge in [-0.2, -0.15) is 0 Å². The van der Waals surface area contributed by atoms with Crippen molar-refractivity contribution < 1.29 is 23.9 Å². The van der Waals surface area contributed by atoms with Crippen LogP contribution in [0, 0.1) is 0 Å². The molecule has 2 heterocycles. The van der Waals surface area contributed by atoms with Crippen LogP contribution in [0.25, 0.3) is 17.2 Å². The van der Waals surface area contributed by atoms with E-state index in [1.807, 2.05) is 115 Å². The van der Waals surface area contributed by atoms with Crippen LogP contribution in [0.4, 0.5) is 10.7 Å². The number of nitrogens with one attached hydrogen (secondary N) is 3. The van der Waals surface area contributed by atoms with Crippen LogP contribution < -0.4 is 16.0 Å². The van der Waals surface area contributed by atoms with E-state index < -0.39 is 23.0 Å². The number of esters is 1. The van der Waals surface area contributed by atoms with Crippen molar-refractivity contribution in [3.05, 3.63) is 214 Å². The van der Waals surface area contributed by atoms with Gasteiger partial charge in [-0.05, 0) is 76.2 Å². The molecule has 0 fully saturated rings. The first-order chi connectivity index (χ1) is 30.8. The van der Waals surface area contributed by atoms with Gasteiger partial charge in [0, 0.05) is 40.7 Å². The smallest absolute Gasteiger partial charge is 0.341 e. The van der Waals surface area contributed by atoms with Gasteiger partial charge in [0.25, 0.3) is 11.8 Å². The van der Waals surface area contributed by atoms with Gasteiger partial charge in [0.2, 0.25) is 5.91 Å². The molecule has 9 nitrogen and oxygen atoms in total. The Morgan fingerprint density at radius 3 is 2.10 bits per heavy atom. The van der Waals surface area contributed by atoms with E-state index in [9.17, 15) is 19.2 Å². The standard InChI is InChI=1S/C52H44N4O5S2/c1-61-52(60)46-43-29-30-56(33-36-15-6-2-7-16-36)34-45(43)63-51(46)55-50(59)47(39-19-10-4-11-20-39)62-42-24-14-23-41(32-42)53-49(58)44(54-48(57)40-21-12-5-13-22-40)31-35-25-27-38(28-26-35)37-17-8-3-9-18-37/h2-28,31-32,47H,29-30,33-34H2,1H3,(H,53,58)(H,54,57)(H,55,59)/b44-31+. The van der Waals surface area contributed by atoms with Crippen molar-refractivity contribution in [3.8, 4) is 11.1 Å². The number of thioether (sulfide) groups is 1. The number of anilines is 2. The van der Waals surface area contributed by atoms with Crippen molar-refractivity contribution in [2.45, 2.75) is 29.7 Å². The van der Waals surface area contributed by atoms with E-state index in [1.165, 1.54) is 35.8 Å². The minimum Gasteiger partial charge on any atom is -0.465 e. The summed E-state index contributed by atoms with van der Waals surface area (Å²) in [5.74, 6) is -1.74. The maximum atomic E-state index is 14.4. The molecule has 314 valence electrons. The zero-order valence-corrected chi connectivity index (χ0v) is 36.1. The number of carbonyl (C=O) groups is 4. The molecular weight excluding hydrogens is 825 g/mol. The van der Waals surface area contributed by atoms with E-state index in [2.05, 4.69) is 33.0 Å². The molecule has 11 heteroatoms. The second-order valence-corrected chi connectivity index (χ2v) is 17.2. The first kappa shape index (κ1) is 42.6. The van der Waals surface area contributed by atoms with Gasteiger partial charge in [-0.25, -0.2) is 4.79 Å². The second-order valence-electron chi connectivity index (χ2n) is 14.9. The van der Waals surface area contributed by atoms with Gasteiger partial charge in [0.15, 0.2) is 0 Å². The average Bonchev–Trinajstić information content (AvgIpc) is 3.68. The molecule has 3 amide bonds. The Labute approximate surface area is 374 Å². The van der Waals surface area contributed by atoms with Crippen molar-refractivity contribution >= 4 is 63.6 Å². The lowest BCUT2D eigenvalue weighted by atomic mass is 10.0. The van der Waals surface area contributed by atoms with Crippen LogP contribution in [-0.4, -0.2) is 42.2 Å². The first-order valence-electron chi connectivity index (χ1n) is 20.5. The van der Waals surface area contributed by atoms with Crippen molar-refractivity contribution in [1.82, 2.24) is 10.2 Å². The van der Waals surface area contributed by atoms with Crippen LogP contribution in [0.3, 0.4) is 0 Å². The Bertz CT molecular complexity index is 2740. The molecule has 3 N–H and O–H groups in total. The molecule has 0 bridgehead atoms. The fraction of sp³-hybridized carbons (Fsp3) is 0.115. The molecule has 1 aliphatic rings. The highest BCUT2D eigenvalue weighted by Gasteiger charge is 2.31. The zero-order valence-electron chi connectivity index (χ0n) is 34.5. The largest absolute Gasteiger partial charge is 0.465 e. The predicted octanol–water partition coefficient (Wildman–Crippen LogP) is 10.6. The zero-order chi connectivity index (χ0) is 43.5. The van der Waals surface area contributed by atoms with Gasteiger partial charge in [-0.1, -0.05) is 140 Å². The van der Waals surface area contributed by atoms with Gasteiger partial charge in [-0.15, -0.1) is 23.1 Å². The summed E-state index contributed by atoms with van der Waals surface area (Å²) in [6.07, 6.45) is 2.30. The highest BCUT2D eigenvalue weighted by molar-refractivity contribution is 8.00. The predicted molar refractivity (Wildman–Crippen MR) is 252 cm³/mol. The number of hydrogen-bond donors (Lipinski definition) is 3. The van der Waals surface area contributed by atoms with E-state index in [0.29, 0.717) is 39.7 Å². The lowest BCUT2D eigenvalue weighted by Gasteiger charge is -2.27. The summed E-state index contributed by atoms with van der Waals surface area (Å²) >= 11 is 2.73. The van der Waals surface area contributed by atoms with Crippen molar-refractivity contribution in [2.24, 2.45) is 0 Å². The van der Waals surface area contributed by atoms with Gasteiger partial charge in [0.05, 0.1) is 12.7 Å². The Kier molecular flexibility index (Phi) is 13.7. The Balaban J connectivity index is 1.02. The summed E-state index contributed by atoms with van der Waals surface area (Å²) in [6.45, 7) is 2.20. The molecule has 1 atom stereocenters. The van der Waals surface area contributed by atoms with Crippen LogP contribution in [0.15, 0.2) is 180 Å². The van der Waals surface area contributed by atoms with Crippen molar-refractivity contribution in [2.75, 3.05) is 24.3 Å². The molecule has 0 saturated heterocycles. The minimum atomic E-state index is -0.726. The van der Waals surface area contributed by atoms with E-state index in [0.717, 1.165) is 45.8 Å². The summed E-state index contributed by atoms with van der Waals surface area (Å²) in [5.41, 5.74) is 7.03. The highest BCUT2D eigenvalue weighted by Crippen LogP contribution is 2.41. The fourth-order valence-electron chi connectivity index (χ4n) is 7.41.